The van der Waals surface area contributed by atoms with Crippen molar-refractivity contribution in [2.75, 3.05) is 6.61 Å². The lowest BCUT2D eigenvalue weighted by molar-refractivity contribution is 0.274. The topological polar surface area (TPSA) is 60.2 Å². The van der Waals surface area contributed by atoms with Gasteiger partial charge in [0.2, 0.25) is 0 Å². The largest absolute Gasteiger partial charge is 0.494 e. The van der Waals surface area contributed by atoms with Crippen LogP contribution in [-0.4, -0.2) is 26.7 Å². The molecular formula is C15H21N3O2. The van der Waals surface area contributed by atoms with Gasteiger partial charge in [-0.15, -0.1) is 5.10 Å². The van der Waals surface area contributed by atoms with Crippen LogP contribution >= 0.6 is 0 Å². The standard InChI is InChI=1S/C15H21N3O2/c1-2-10-18-15(14(12-19)16-17-18)9-6-11-20-13-7-4-3-5-8-13/h3-5,7-8,19H,2,6,9-12H2,1H3. The van der Waals surface area contributed by atoms with Crippen LogP contribution in [0.1, 0.15) is 31.2 Å². The molecule has 0 fully saturated rings. The molecule has 0 aliphatic heterocycles. The summed E-state index contributed by atoms with van der Waals surface area (Å²) in [5.41, 5.74) is 1.70. The summed E-state index contributed by atoms with van der Waals surface area (Å²) in [6.07, 6.45) is 2.69. The van der Waals surface area contributed by atoms with E-state index >= 15 is 0 Å². The Balaban J connectivity index is 1.85. The first kappa shape index (κ1) is 14.5. The fourth-order valence-electron chi connectivity index (χ4n) is 2.10. The van der Waals surface area contributed by atoms with Crippen LogP contribution in [0.5, 0.6) is 5.75 Å². The van der Waals surface area contributed by atoms with Crippen LogP contribution in [0.2, 0.25) is 0 Å². The van der Waals surface area contributed by atoms with Gasteiger partial charge in [-0.25, -0.2) is 4.68 Å². The summed E-state index contributed by atoms with van der Waals surface area (Å²) < 4.78 is 7.55. The summed E-state index contributed by atoms with van der Waals surface area (Å²) in [6, 6.07) is 9.78. The summed E-state index contributed by atoms with van der Waals surface area (Å²) in [5, 5.41) is 17.4. The van der Waals surface area contributed by atoms with E-state index in [1.165, 1.54) is 0 Å². The number of ether oxygens (including phenoxy) is 1. The molecule has 0 atom stereocenters. The van der Waals surface area contributed by atoms with Gasteiger partial charge in [0.05, 0.1) is 18.9 Å². The quantitative estimate of drug-likeness (QED) is 0.750. The van der Waals surface area contributed by atoms with Crippen molar-refractivity contribution in [3.05, 3.63) is 41.7 Å². The van der Waals surface area contributed by atoms with Crippen LogP contribution in [0.4, 0.5) is 0 Å². The zero-order valence-electron chi connectivity index (χ0n) is 11.8. The van der Waals surface area contributed by atoms with Crippen molar-refractivity contribution in [2.45, 2.75) is 39.3 Å². The van der Waals surface area contributed by atoms with Gasteiger partial charge in [-0.1, -0.05) is 30.3 Å². The Labute approximate surface area is 119 Å². The molecule has 5 heteroatoms. The maximum atomic E-state index is 9.29. The third kappa shape index (κ3) is 3.81. The number of hydrogen-bond donors (Lipinski definition) is 1. The molecule has 1 aromatic heterocycles. The second-order valence-electron chi connectivity index (χ2n) is 4.63. The van der Waals surface area contributed by atoms with Crippen LogP contribution < -0.4 is 4.74 Å². The Bertz CT molecular complexity index is 511. The maximum Gasteiger partial charge on any atom is 0.119 e. The second kappa shape index (κ2) is 7.65. The van der Waals surface area contributed by atoms with Crippen LogP contribution in [0, 0.1) is 0 Å². The van der Waals surface area contributed by atoms with Gasteiger partial charge >= 0.3 is 0 Å². The molecule has 1 heterocycles. The molecule has 2 rings (SSSR count). The lowest BCUT2D eigenvalue weighted by Gasteiger charge is -2.08. The third-order valence-corrected chi connectivity index (χ3v) is 3.07. The van der Waals surface area contributed by atoms with Gasteiger partial charge < -0.3 is 9.84 Å². The summed E-state index contributed by atoms with van der Waals surface area (Å²) in [4.78, 5) is 0. The number of nitrogens with zero attached hydrogens (tertiary/aromatic N) is 3. The van der Waals surface area contributed by atoms with E-state index in [9.17, 15) is 5.11 Å². The number of aliphatic hydroxyl groups is 1. The molecule has 20 heavy (non-hydrogen) atoms. The minimum atomic E-state index is -0.0570. The number of para-hydroxylation sites is 1. The Kier molecular flexibility index (Phi) is 5.55. The fraction of sp³-hybridized carbons (Fsp3) is 0.467. The van der Waals surface area contributed by atoms with Crippen molar-refractivity contribution in [1.29, 1.82) is 0 Å². The van der Waals surface area contributed by atoms with Gasteiger partial charge in [0.1, 0.15) is 11.4 Å². The second-order valence-corrected chi connectivity index (χ2v) is 4.63. The number of rotatable bonds is 8. The zero-order chi connectivity index (χ0) is 14.2. The van der Waals surface area contributed by atoms with Gasteiger partial charge in [0.15, 0.2) is 0 Å². The molecule has 0 bridgehead atoms. The Morgan fingerprint density at radius 3 is 2.75 bits per heavy atom. The molecule has 108 valence electrons. The van der Waals surface area contributed by atoms with Crippen LogP contribution in [0.25, 0.3) is 0 Å². The van der Waals surface area contributed by atoms with Crippen molar-refractivity contribution in [3.63, 3.8) is 0 Å². The van der Waals surface area contributed by atoms with Gasteiger partial charge in [-0.2, -0.15) is 0 Å². The summed E-state index contributed by atoms with van der Waals surface area (Å²) in [5.74, 6) is 0.884. The average Bonchev–Trinajstić information content (AvgIpc) is 2.87. The van der Waals surface area contributed by atoms with Crippen molar-refractivity contribution in [2.24, 2.45) is 0 Å². The lowest BCUT2D eigenvalue weighted by atomic mass is 10.2. The monoisotopic (exact) mass is 275 g/mol. The molecule has 1 aromatic carbocycles. The molecular weight excluding hydrogens is 254 g/mol. The van der Waals surface area contributed by atoms with E-state index in [-0.39, 0.29) is 6.61 Å². The maximum absolute atomic E-state index is 9.29. The van der Waals surface area contributed by atoms with E-state index in [1.54, 1.807) is 0 Å². The predicted molar refractivity (Wildman–Crippen MR) is 76.5 cm³/mol. The Morgan fingerprint density at radius 1 is 1.25 bits per heavy atom. The molecule has 0 saturated heterocycles. The van der Waals surface area contributed by atoms with Gasteiger partial charge in [0, 0.05) is 6.54 Å². The average molecular weight is 275 g/mol. The van der Waals surface area contributed by atoms with E-state index in [1.807, 2.05) is 35.0 Å². The number of hydrogen-bond acceptors (Lipinski definition) is 4. The number of aryl methyl sites for hydroxylation is 1. The summed E-state index contributed by atoms with van der Waals surface area (Å²) in [6.45, 7) is 3.52. The Hall–Kier alpha value is -1.88. The van der Waals surface area contributed by atoms with E-state index in [0.717, 1.165) is 37.3 Å². The van der Waals surface area contributed by atoms with E-state index in [0.29, 0.717) is 12.3 Å². The van der Waals surface area contributed by atoms with Crippen LogP contribution in [-0.2, 0) is 19.6 Å². The third-order valence-electron chi connectivity index (χ3n) is 3.07. The zero-order valence-corrected chi connectivity index (χ0v) is 11.8. The molecule has 2 aromatic rings. The summed E-state index contributed by atoms with van der Waals surface area (Å²) >= 11 is 0. The molecule has 0 radical (unpaired) electrons. The number of aromatic nitrogens is 3. The van der Waals surface area contributed by atoms with E-state index in [4.69, 9.17) is 4.74 Å². The molecule has 0 aliphatic rings. The molecule has 0 saturated carbocycles. The van der Waals surface area contributed by atoms with Gasteiger partial charge in [-0.3, -0.25) is 0 Å². The SMILES string of the molecule is CCCn1nnc(CO)c1CCCOc1ccccc1. The van der Waals surface area contributed by atoms with Crippen molar-refractivity contribution in [3.8, 4) is 5.75 Å². The number of aliphatic hydroxyl groups excluding tert-OH is 1. The van der Waals surface area contributed by atoms with Gasteiger partial charge in [-0.05, 0) is 31.4 Å². The van der Waals surface area contributed by atoms with Gasteiger partial charge in [0.25, 0.3) is 0 Å². The van der Waals surface area contributed by atoms with Crippen LogP contribution in [0.15, 0.2) is 30.3 Å². The highest BCUT2D eigenvalue weighted by Gasteiger charge is 2.11. The number of benzene rings is 1. The highest BCUT2D eigenvalue weighted by molar-refractivity contribution is 5.20. The molecule has 0 aliphatic carbocycles. The lowest BCUT2D eigenvalue weighted by Crippen LogP contribution is -2.08. The first-order chi connectivity index (χ1) is 9.85. The minimum Gasteiger partial charge on any atom is -0.494 e. The van der Waals surface area contributed by atoms with E-state index < -0.39 is 0 Å². The Morgan fingerprint density at radius 2 is 2.05 bits per heavy atom. The molecule has 0 spiro atoms. The minimum absolute atomic E-state index is 0.0570. The summed E-state index contributed by atoms with van der Waals surface area (Å²) in [7, 11) is 0. The fourth-order valence-corrected chi connectivity index (χ4v) is 2.10. The highest BCUT2D eigenvalue weighted by Crippen LogP contribution is 2.12. The smallest absolute Gasteiger partial charge is 0.119 e. The molecule has 5 nitrogen and oxygen atoms in total. The molecule has 0 amide bonds. The molecule has 1 N–H and O–H groups in total. The normalized spacial score (nSPS) is 10.7. The highest BCUT2D eigenvalue weighted by atomic mass is 16.5. The van der Waals surface area contributed by atoms with Crippen molar-refractivity contribution < 1.29 is 9.84 Å². The first-order valence-electron chi connectivity index (χ1n) is 7.05. The molecule has 0 unspecified atom stereocenters. The van der Waals surface area contributed by atoms with Crippen LogP contribution in [0.3, 0.4) is 0 Å². The van der Waals surface area contributed by atoms with E-state index in [2.05, 4.69) is 17.2 Å². The first-order valence-corrected chi connectivity index (χ1v) is 7.05. The van der Waals surface area contributed by atoms with Crippen molar-refractivity contribution in [1.82, 2.24) is 15.0 Å². The van der Waals surface area contributed by atoms with Crippen molar-refractivity contribution >= 4 is 0 Å². The predicted octanol–water partition coefficient (Wildman–Crippen LogP) is 2.19.